The van der Waals surface area contributed by atoms with E-state index in [-0.39, 0.29) is 24.6 Å². The lowest BCUT2D eigenvalue weighted by atomic mass is 9.90. The number of rotatable bonds is 8. The zero-order valence-electron chi connectivity index (χ0n) is 14.8. The van der Waals surface area contributed by atoms with E-state index >= 15 is 0 Å². The number of esters is 2. The van der Waals surface area contributed by atoms with Gasteiger partial charge >= 0.3 is 11.9 Å². The minimum atomic E-state index is -0.393. The normalized spacial score (nSPS) is 14.8. The van der Waals surface area contributed by atoms with Gasteiger partial charge in [-0.15, -0.1) is 0 Å². The first-order valence-electron chi connectivity index (χ1n) is 9.02. The zero-order chi connectivity index (χ0) is 18.1. The van der Waals surface area contributed by atoms with Crippen LogP contribution in [0, 0.1) is 5.92 Å². The molecule has 0 saturated heterocycles. The number of Topliss-reactive ketones (excluding diaryl/α,β-unsaturated/α-hetero) is 1. The van der Waals surface area contributed by atoms with Crippen molar-refractivity contribution < 1.29 is 23.9 Å². The van der Waals surface area contributed by atoms with Gasteiger partial charge in [0, 0.05) is 18.4 Å². The Kier molecular flexibility index (Phi) is 7.64. The second-order valence-corrected chi connectivity index (χ2v) is 6.60. The largest absolute Gasteiger partial charge is 0.465 e. The smallest absolute Gasteiger partial charge is 0.311 e. The van der Waals surface area contributed by atoms with E-state index in [2.05, 4.69) is 0 Å². The topological polar surface area (TPSA) is 69.7 Å². The number of hydrogen-bond donors (Lipinski definition) is 0. The molecule has 2 rings (SSSR count). The molecule has 1 fully saturated rings. The molecule has 0 radical (unpaired) electrons. The van der Waals surface area contributed by atoms with Crippen LogP contribution in [-0.4, -0.2) is 24.3 Å². The van der Waals surface area contributed by atoms with Crippen molar-refractivity contribution in [1.29, 1.82) is 0 Å². The third-order valence-electron chi connectivity index (χ3n) is 4.46. The number of benzene rings is 1. The Bertz CT molecular complexity index is 585. The molecule has 5 nitrogen and oxygen atoms in total. The maximum absolute atomic E-state index is 11.8. The number of hydrogen-bond acceptors (Lipinski definition) is 5. The van der Waals surface area contributed by atoms with Crippen molar-refractivity contribution >= 4 is 17.7 Å². The van der Waals surface area contributed by atoms with Gasteiger partial charge in [-0.3, -0.25) is 14.4 Å². The lowest BCUT2D eigenvalue weighted by Crippen LogP contribution is -2.17. The van der Waals surface area contributed by atoms with Crippen LogP contribution in [-0.2, 0) is 14.3 Å². The van der Waals surface area contributed by atoms with E-state index in [0.29, 0.717) is 30.3 Å². The van der Waals surface area contributed by atoms with Crippen molar-refractivity contribution in [2.45, 2.75) is 58.3 Å². The summed E-state index contributed by atoms with van der Waals surface area (Å²) in [5, 5.41) is 0. The van der Waals surface area contributed by atoms with Gasteiger partial charge in [0.1, 0.15) is 5.75 Å². The van der Waals surface area contributed by atoms with Crippen LogP contribution < -0.4 is 4.74 Å². The second-order valence-electron chi connectivity index (χ2n) is 6.60. The van der Waals surface area contributed by atoms with Crippen LogP contribution in [0.25, 0.3) is 0 Å². The van der Waals surface area contributed by atoms with Gasteiger partial charge in [-0.2, -0.15) is 0 Å². The predicted molar refractivity (Wildman–Crippen MR) is 93.5 cm³/mol. The minimum Gasteiger partial charge on any atom is -0.465 e. The first-order valence-corrected chi connectivity index (χ1v) is 9.02. The molecule has 0 bridgehead atoms. The maximum Gasteiger partial charge on any atom is 0.311 e. The number of carbonyl (C=O) groups is 3. The van der Waals surface area contributed by atoms with Gasteiger partial charge in [-0.1, -0.05) is 19.3 Å². The van der Waals surface area contributed by atoms with Crippen LogP contribution in [0.1, 0.15) is 68.6 Å². The molecule has 0 heterocycles. The molecule has 0 aliphatic heterocycles. The van der Waals surface area contributed by atoms with Crippen LogP contribution in [0.3, 0.4) is 0 Å². The summed E-state index contributed by atoms with van der Waals surface area (Å²) in [7, 11) is 0. The Balaban J connectivity index is 1.61. The molecule has 136 valence electrons. The van der Waals surface area contributed by atoms with Crippen LogP contribution in [0.4, 0.5) is 0 Å². The summed E-state index contributed by atoms with van der Waals surface area (Å²) < 4.78 is 10.5. The summed E-state index contributed by atoms with van der Waals surface area (Å²) in [5.41, 5.74) is 0.570. The quantitative estimate of drug-likeness (QED) is 0.403. The molecule has 0 amide bonds. The first-order chi connectivity index (χ1) is 12.0. The first kappa shape index (κ1) is 19.2. The summed E-state index contributed by atoms with van der Waals surface area (Å²) in [6.07, 6.45) is 6.81. The summed E-state index contributed by atoms with van der Waals surface area (Å²) in [5.74, 6) is 0.222. The van der Waals surface area contributed by atoms with E-state index in [1.165, 1.54) is 26.2 Å². The van der Waals surface area contributed by atoms with Gasteiger partial charge in [0.05, 0.1) is 6.61 Å². The van der Waals surface area contributed by atoms with E-state index in [9.17, 15) is 14.4 Å². The van der Waals surface area contributed by atoms with Crippen molar-refractivity contribution in [3.8, 4) is 5.75 Å². The van der Waals surface area contributed by atoms with Gasteiger partial charge in [0.2, 0.25) is 0 Å². The molecule has 25 heavy (non-hydrogen) atoms. The summed E-state index contributed by atoms with van der Waals surface area (Å²) in [6, 6.07) is 6.42. The molecule has 1 aliphatic carbocycles. The average molecular weight is 346 g/mol. The second kappa shape index (κ2) is 9.97. The molecule has 0 aromatic heterocycles. The standard InChI is InChI=1S/C20H26O5/c1-15(21)17-10-12-18(13-11-17)25-20(23)9-5-8-19(22)24-14-16-6-3-2-4-7-16/h10-13,16H,2-9,14H2,1H3. The fourth-order valence-corrected chi connectivity index (χ4v) is 2.95. The average Bonchev–Trinajstić information content (AvgIpc) is 2.61. The predicted octanol–water partition coefficient (Wildman–Crippen LogP) is 4.09. The molecule has 1 saturated carbocycles. The van der Waals surface area contributed by atoms with Gasteiger partial charge < -0.3 is 9.47 Å². The van der Waals surface area contributed by atoms with E-state index in [0.717, 1.165) is 12.8 Å². The molecule has 5 heteroatoms. The van der Waals surface area contributed by atoms with E-state index in [1.807, 2.05) is 0 Å². The minimum absolute atomic E-state index is 0.0374. The lowest BCUT2D eigenvalue weighted by Gasteiger charge is -2.20. The lowest BCUT2D eigenvalue weighted by molar-refractivity contribution is -0.145. The van der Waals surface area contributed by atoms with E-state index in [4.69, 9.17) is 9.47 Å². The van der Waals surface area contributed by atoms with Crippen molar-refractivity contribution in [2.75, 3.05) is 6.61 Å². The van der Waals surface area contributed by atoms with E-state index in [1.54, 1.807) is 24.3 Å². The number of carbonyl (C=O) groups excluding carboxylic acids is 3. The van der Waals surface area contributed by atoms with Crippen molar-refractivity contribution in [1.82, 2.24) is 0 Å². The van der Waals surface area contributed by atoms with Gasteiger partial charge in [0.15, 0.2) is 5.78 Å². The van der Waals surface area contributed by atoms with Gasteiger partial charge in [-0.25, -0.2) is 0 Å². The highest BCUT2D eigenvalue weighted by Gasteiger charge is 2.15. The Morgan fingerprint density at radius 1 is 0.960 bits per heavy atom. The SMILES string of the molecule is CC(=O)c1ccc(OC(=O)CCCC(=O)OCC2CCCCC2)cc1. The highest BCUT2D eigenvalue weighted by atomic mass is 16.5. The Morgan fingerprint density at radius 3 is 2.24 bits per heavy atom. The molecule has 1 aromatic rings. The molecule has 1 aliphatic rings. The Morgan fingerprint density at radius 2 is 1.60 bits per heavy atom. The third-order valence-corrected chi connectivity index (χ3v) is 4.46. The van der Waals surface area contributed by atoms with Gasteiger partial charge in [0.25, 0.3) is 0 Å². The zero-order valence-corrected chi connectivity index (χ0v) is 14.8. The van der Waals surface area contributed by atoms with Crippen molar-refractivity contribution in [3.63, 3.8) is 0 Å². The fourth-order valence-electron chi connectivity index (χ4n) is 2.95. The molecule has 0 atom stereocenters. The monoisotopic (exact) mass is 346 g/mol. The number of ketones is 1. The third kappa shape index (κ3) is 7.08. The number of ether oxygens (including phenoxy) is 2. The Hall–Kier alpha value is -2.17. The highest BCUT2D eigenvalue weighted by Crippen LogP contribution is 2.23. The molecule has 0 N–H and O–H groups in total. The molecule has 1 aromatic carbocycles. The van der Waals surface area contributed by atoms with Crippen LogP contribution in [0.5, 0.6) is 5.75 Å². The maximum atomic E-state index is 11.8. The summed E-state index contributed by atoms with van der Waals surface area (Å²) >= 11 is 0. The van der Waals surface area contributed by atoms with Crippen LogP contribution >= 0.6 is 0 Å². The molecular formula is C20H26O5. The molecule has 0 unspecified atom stereocenters. The van der Waals surface area contributed by atoms with Crippen LogP contribution in [0.2, 0.25) is 0 Å². The Labute approximate surface area is 148 Å². The van der Waals surface area contributed by atoms with E-state index < -0.39 is 5.97 Å². The fraction of sp³-hybridized carbons (Fsp3) is 0.550. The van der Waals surface area contributed by atoms with Crippen molar-refractivity contribution in [2.24, 2.45) is 5.92 Å². The van der Waals surface area contributed by atoms with Crippen LogP contribution in [0.15, 0.2) is 24.3 Å². The summed E-state index contributed by atoms with van der Waals surface area (Å²) in [4.78, 5) is 34.7. The summed E-state index contributed by atoms with van der Waals surface area (Å²) in [6.45, 7) is 1.99. The molecular weight excluding hydrogens is 320 g/mol. The molecule has 0 spiro atoms. The van der Waals surface area contributed by atoms with Gasteiger partial charge in [-0.05, 0) is 56.4 Å². The van der Waals surface area contributed by atoms with Crippen molar-refractivity contribution in [3.05, 3.63) is 29.8 Å². The highest BCUT2D eigenvalue weighted by molar-refractivity contribution is 5.94.